The predicted molar refractivity (Wildman–Crippen MR) is 90.6 cm³/mol. The summed E-state index contributed by atoms with van der Waals surface area (Å²) in [6.45, 7) is 4.24. The van der Waals surface area contributed by atoms with Gasteiger partial charge in [-0.1, -0.05) is 83.9 Å². The number of aryl methyl sites for hydroxylation is 2. The second kappa shape index (κ2) is 5.97. The van der Waals surface area contributed by atoms with Crippen molar-refractivity contribution in [2.24, 2.45) is 0 Å². The molecule has 0 N–H and O–H groups in total. The molecule has 0 atom stereocenters. The summed E-state index contributed by atoms with van der Waals surface area (Å²) in [4.78, 5) is 0. The van der Waals surface area contributed by atoms with Gasteiger partial charge in [0.2, 0.25) is 0 Å². The van der Waals surface area contributed by atoms with E-state index >= 15 is 0 Å². The van der Waals surface area contributed by atoms with Crippen LogP contribution in [0.5, 0.6) is 0 Å². The van der Waals surface area contributed by atoms with E-state index in [4.69, 9.17) is 0 Å². The van der Waals surface area contributed by atoms with Crippen molar-refractivity contribution >= 4 is 0 Å². The smallest absolute Gasteiger partial charge is 0.00258 e. The van der Waals surface area contributed by atoms with Crippen molar-refractivity contribution in [3.05, 3.63) is 95.1 Å². The molecule has 0 unspecified atom stereocenters. The lowest BCUT2D eigenvalue weighted by Crippen LogP contribution is -1.88. The lowest BCUT2D eigenvalue weighted by Gasteiger charge is -2.06. The Morgan fingerprint density at radius 2 is 0.810 bits per heavy atom. The molecule has 104 valence electrons. The van der Waals surface area contributed by atoms with E-state index in [-0.39, 0.29) is 0 Å². The Kier molecular flexibility index (Phi) is 3.87. The second-order valence-electron chi connectivity index (χ2n) is 5.73. The summed E-state index contributed by atoms with van der Waals surface area (Å²) in [5.74, 6) is 0. The highest BCUT2D eigenvalue weighted by Gasteiger charge is 1.99. The van der Waals surface area contributed by atoms with E-state index in [1.165, 1.54) is 33.4 Å². The normalized spacial score (nSPS) is 10.6. The van der Waals surface area contributed by atoms with Crippen LogP contribution in [0.4, 0.5) is 0 Å². The maximum absolute atomic E-state index is 2.23. The summed E-state index contributed by atoms with van der Waals surface area (Å²) in [5, 5.41) is 0. The van der Waals surface area contributed by atoms with Gasteiger partial charge in [0.25, 0.3) is 0 Å². The fourth-order valence-electron chi connectivity index (χ4n) is 2.50. The fraction of sp³-hybridized carbons (Fsp3) is 0.143. The third-order valence-electron chi connectivity index (χ3n) is 3.87. The SMILES string of the molecule is Cc1ccc(Cc2ccc(-c3ccc(C)cc3)cc2)cc1. The third-order valence-corrected chi connectivity index (χ3v) is 3.87. The van der Waals surface area contributed by atoms with Crippen LogP contribution in [-0.2, 0) is 6.42 Å². The molecule has 0 aromatic heterocycles. The molecule has 0 saturated carbocycles. The van der Waals surface area contributed by atoms with E-state index in [1.54, 1.807) is 0 Å². The van der Waals surface area contributed by atoms with Gasteiger partial charge in [0.15, 0.2) is 0 Å². The molecule has 0 heteroatoms. The summed E-state index contributed by atoms with van der Waals surface area (Å²) in [6, 6.07) is 26.4. The average Bonchev–Trinajstić information content (AvgIpc) is 2.51. The third kappa shape index (κ3) is 3.41. The molecule has 0 saturated heterocycles. The van der Waals surface area contributed by atoms with Crippen molar-refractivity contribution in [1.82, 2.24) is 0 Å². The van der Waals surface area contributed by atoms with Crippen molar-refractivity contribution < 1.29 is 0 Å². The van der Waals surface area contributed by atoms with Gasteiger partial charge in [-0.25, -0.2) is 0 Å². The highest BCUT2D eigenvalue weighted by Crippen LogP contribution is 2.21. The van der Waals surface area contributed by atoms with Gasteiger partial charge in [0.1, 0.15) is 0 Å². The standard InChI is InChI=1S/C21H20/c1-16-3-7-18(8-4-16)15-19-9-13-21(14-10-19)20-11-5-17(2)6-12-20/h3-14H,15H2,1-2H3. The maximum Gasteiger partial charge on any atom is -0.00258 e. The minimum atomic E-state index is 0.995. The van der Waals surface area contributed by atoms with Crippen molar-refractivity contribution in [3.8, 4) is 11.1 Å². The van der Waals surface area contributed by atoms with Crippen LogP contribution in [0.2, 0.25) is 0 Å². The molecule has 0 amide bonds. The van der Waals surface area contributed by atoms with Crippen molar-refractivity contribution in [2.45, 2.75) is 20.3 Å². The van der Waals surface area contributed by atoms with Crippen LogP contribution in [-0.4, -0.2) is 0 Å². The van der Waals surface area contributed by atoms with Gasteiger partial charge in [-0.15, -0.1) is 0 Å². The van der Waals surface area contributed by atoms with Crippen LogP contribution in [0.15, 0.2) is 72.8 Å². The monoisotopic (exact) mass is 272 g/mol. The minimum Gasteiger partial charge on any atom is -0.0590 e. The van der Waals surface area contributed by atoms with E-state index in [2.05, 4.69) is 86.6 Å². The van der Waals surface area contributed by atoms with Gasteiger partial charge in [-0.05, 0) is 42.5 Å². The zero-order chi connectivity index (χ0) is 14.7. The predicted octanol–water partition coefficient (Wildman–Crippen LogP) is 5.56. The lowest BCUT2D eigenvalue weighted by atomic mass is 9.99. The zero-order valence-electron chi connectivity index (χ0n) is 12.6. The molecule has 3 aromatic rings. The van der Waals surface area contributed by atoms with Crippen molar-refractivity contribution in [2.75, 3.05) is 0 Å². The van der Waals surface area contributed by atoms with E-state index in [0.29, 0.717) is 0 Å². The molecule has 0 radical (unpaired) electrons. The molecule has 21 heavy (non-hydrogen) atoms. The van der Waals surface area contributed by atoms with Crippen LogP contribution in [0.25, 0.3) is 11.1 Å². The first kappa shape index (κ1) is 13.6. The maximum atomic E-state index is 2.23. The fourth-order valence-corrected chi connectivity index (χ4v) is 2.50. The van der Waals surface area contributed by atoms with Gasteiger partial charge in [0, 0.05) is 0 Å². The number of rotatable bonds is 3. The highest BCUT2D eigenvalue weighted by molar-refractivity contribution is 5.64. The molecule has 0 spiro atoms. The van der Waals surface area contributed by atoms with Gasteiger partial charge in [-0.3, -0.25) is 0 Å². The van der Waals surface area contributed by atoms with Crippen LogP contribution < -0.4 is 0 Å². The van der Waals surface area contributed by atoms with Crippen LogP contribution in [0, 0.1) is 13.8 Å². The van der Waals surface area contributed by atoms with E-state index in [0.717, 1.165) is 6.42 Å². The van der Waals surface area contributed by atoms with Crippen molar-refractivity contribution in [3.63, 3.8) is 0 Å². The van der Waals surface area contributed by atoms with Crippen LogP contribution >= 0.6 is 0 Å². The molecule has 0 aliphatic heterocycles. The molecular weight excluding hydrogens is 252 g/mol. The molecule has 0 bridgehead atoms. The zero-order valence-corrected chi connectivity index (χ0v) is 12.6. The first-order valence-electron chi connectivity index (χ1n) is 7.42. The van der Waals surface area contributed by atoms with Gasteiger partial charge >= 0.3 is 0 Å². The van der Waals surface area contributed by atoms with E-state index in [9.17, 15) is 0 Å². The Balaban J connectivity index is 1.77. The number of benzene rings is 3. The average molecular weight is 272 g/mol. The summed E-state index contributed by atoms with van der Waals surface area (Å²) < 4.78 is 0. The molecule has 3 aromatic carbocycles. The second-order valence-corrected chi connectivity index (χ2v) is 5.73. The van der Waals surface area contributed by atoms with E-state index < -0.39 is 0 Å². The topological polar surface area (TPSA) is 0 Å². The van der Waals surface area contributed by atoms with Gasteiger partial charge < -0.3 is 0 Å². The summed E-state index contributed by atoms with van der Waals surface area (Å²) in [7, 11) is 0. The van der Waals surface area contributed by atoms with E-state index in [1.807, 2.05) is 0 Å². The van der Waals surface area contributed by atoms with Crippen LogP contribution in [0.3, 0.4) is 0 Å². The summed E-state index contributed by atoms with van der Waals surface area (Å²) >= 11 is 0. The molecule has 0 nitrogen and oxygen atoms in total. The summed E-state index contributed by atoms with van der Waals surface area (Å²) in [6.07, 6.45) is 0.995. The quantitative estimate of drug-likeness (QED) is 0.585. The molecule has 0 fully saturated rings. The molecule has 0 heterocycles. The number of hydrogen-bond acceptors (Lipinski definition) is 0. The van der Waals surface area contributed by atoms with Crippen LogP contribution in [0.1, 0.15) is 22.3 Å². The molecular formula is C21H20. The summed E-state index contributed by atoms with van der Waals surface area (Å²) in [5.41, 5.74) is 7.90. The first-order valence-corrected chi connectivity index (χ1v) is 7.42. The largest absolute Gasteiger partial charge is 0.0590 e. The number of hydrogen-bond donors (Lipinski definition) is 0. The Morgan fingerprint density at radius 1 is 0.476 bits per heavy atom. The van der Waals surface area contributed by atoms with Crippen molar-refractivity contribution in [1.29, 1.82) is 0 Å². The van der Waals surface area contributed by atoms with Gasteiger partial charge in [0.05, 0.1) is 0 Å². The molecule has 0 aliphatic carbocycles. The molecule has 3 rings (SSSR count). The highest BCUT2D eigenvalue weighted by atomic mass is 14.0. The Labute approximate surface area is 127 Å². The lowest BCUT2D eigenvalue weighted by molar-refractivity contribution is 1.19. The Morgan fingerprint density at radius 3 is 1.29 bits per heavy atom. The molecule has 0 aliphatic rings. The first-order chi connectivity index (χ1) is 10.2. The Hall–Kier alpha value is -2.34. The Bertz CT molecular complexity index is 701. The van der Waals surface area contributed by atoms with Gasteiger partial charge in [-0.2, -0.15) is 0 Å². The minimum absolute atomic E-state index is 0.995.